The molecule has 1 nitrogen and oxygen atoms in total. The summed E-state index contributed by atoms with van der Waals surface area (Å²) in [5, 5.41) is 0. The smallest absolute Gasteiger partial charge is 0.259 e. The lowest BCUT2D eigenvalue weighted by Crippen LogP contribution is -2.12. The van der Waals surface area contributed by atoms with Crippen LogP contribution in [0.3, 0.4) is 0 Å². The van der Waals surface area contributed by atoms with E-state index in [1.807, 2.05) is 0 Å². The Morgan fingerprint density at radius 3 is 2.11 bits per heavy atom. The molecule has 0 aliphatic carbocycles. The normalized spacial score (nSPS) is 16.4. The quantitative estimate of drug-likeness (QED) is 0.571. The first-order valence-corrected chi connectivity index (χ1v) is 2.76. The monoisotopic (exact) mass is 135 g/mol. The second-order valence-corrected chi connectivity index (χ2v) is 2.07. The first kappa shape index (κ1) is 8.56. The summed E-state index contributed by atoms with van der Waals surface area (Å²) in [7, 11) is 0. The van der Waals surface area contributed by atoms with Crippen molar-refractivity contribution in [1.29, 1.82) is 0 Å². The standard InChI is InChI=1S/C6H11F2N/c1-4(6(7)8)3-5(2)9/h3,5-6H,9H2,1-2H3. The number of hydrogen-bond donors (Lipinski definition) is 1. The Balaban J connectivity index is 3.84. The predicted octanol–water partition coefficient (Wildman–Crippen LogP) is 1.54. The predicted molar refractivity (Wildman–Crippen MR) is 33.4 cm³/mol. The maximum atomic E-state index is 11.7. The molecule has 0 heterocycles. The molecule has 0 bridgehead atoms. The third kappa shape index (κ3) is 4.09. The van der Waals surface area contributed by atoms with Crippen LogP contribution in [0.5, 0.6) is 0 Å². The Labute approximate surface area is 53.5 Å². The molecule has 0 saturated carbocycles. The van der Waals surface area contributed by atoms with Crippen LogP contribution in [-0.4, -0.2) is 12.5 Å². The average molecular weight is 135 g/mol. The minimum absolute atomic E-state index is 0.0463. The van der Waals surface area contributed by atoms with Gasteiger partial charge in [0.05, 0.1) is 0 Å². The maximum absolute atomic E-state index is 11.7. The Morgan fingerprint density at radius 2 is 2.00 bits per heavy atom. The van der Waals surface area contributed by atoms with Gasteiger partial charge >= 0.3 is 0 Å². The summed E-state index contributed by atoms with van der Waals surface area (Å²) in [6.45, 7) is 3.03. The Bertz CT molecular complexity index is 108. The number of nitrogens with two attached hydrogens (primary N) is 1. The molecule has 2 N–H and O–H groups in total. The molecule has 1 atom stereocenters. The SMILES string of the molecule is CC(=CC(C)N)C(F)F. The molecule has 0 aliphatic rings. The molecule has 0 radical (unpaired) electrons. The third-order valence-electron chi connectivity index (χ3n) is 0.870. The van der Waals surface area contributed by atoms with E-state index in [2.05, 4.69) is 0 Å². The summed E-state index contributed by atoms with van der Waals surface area (Å²) in [6.07, 6.45) is -1.01. The van der Waals surface area contributed by atoms with E-state index in [-0.39, 0.29) is 11.6 Å². The molecule has 0 aromatic carbocycles. The van der Waals surface area contributed by atoms with Gasteiger partial charge in [0.2, 0.25) is 0 Å². The van der Waals surface area contributed by atoms with Crippen LogP contribution in [0.2, 0.25) is 0 Å². The number of rotatable bonds is 2. The van der Waals surface area contributed by atoms with Crippen molar-refractivity contribution in [1.82, 2.24) is 0 Å². The summed E-state index contributed by atoms with van der Waals surface area (Å²) in [6, 6.07) is -0.279. The first-order valence-electron chi connectivity index (χ1n) is 2.76. The molecule has 0 aliphatic heterocycles. The summed E-state index contributed by atoms with van der Waals surface area (Å²) >= 11 is 0. The van der Waals surface area contributed by atoms with Gasteiger partial charge in [-0.1, -0.05) is 6.08 Å². The van der Waals surface area contributed by atoms with Crippen LogP contribution >= 0.6 is 0 Å². The fourth-order valence-electron chi connectivity index (χ4n) is 0.487. The Kier molecular flexibility index (Phi) is 3.39. The van der Waals surface area contributed by atoms with Crippen molar-refractivity contribution < 1.29 is 8.78 Å². The minimum atomic E-state index is -2.36. The van der Waals surface area contributed by atoms with Crippen LogP contribution in [0.1, 0.15) is 13.8 Å². The van der Waals surface area contributed by atoms with Gasteiger partial charge in [0.15, 0.2) is 0 Å². The molecule has 0 aromatic heterocycles. The second-order valence-electron chi connectivity index (χ2n) is 2.07. The highest BCUT2D eigenvalue weighted by Gasteiger charge is 2.04. The van der Waals surface area contributed by atoms with Crippen LogP contribution in [0.4, 0.5) is 8.78 Å². The third-order valence-corrected chi connectivity index (χ3v) is 0.870. The highest BCUT2D eigenvalue weighted by molar-refractivity contribution is 5.04. The Morgan fingerprint density at radius 1 is 1.56 bits per heavy atom. The summed E-state index contributed by atoms with van der Waals surface area (Å²) < 4.78 is 23.3. The van der Waals surface area contributed by atoms with Crippen molar-refractivity contribution in [3.05, 3.63) is 11.6 Å². The van der Waals surface area contributed by atoms with Gasteiger partial charge in [-0.15, -0.1) is 0 Å². The lowest BCUT2D eigenvalue weighted by atomic mass is 10.2. The van der Waals surface area contributed by atoms with Crippen molar-refractivity contribution >= 4 is 0 Å². The molecular weight excluding hydrogens is 124 g/mol. The zero-order chi connectivity index (χ0) is 7.44. The minimum Gasteiger partial charge on any atom is -0.325 e. The van der Waals surface area contributed by atoms with Crippen LogP contribution in [0.25, 0.3) is 0 Å². The van der Waals surface area contributed by atoms with E-state index >= 15 is 0 Å². The lowest BCUT2D eigenvalue weighted by Gasteiger charge is -2.00. The van der Waals surface area contributed by atoms with Gasteiger partial charge in [-0.05, 0) is 19.4 Å². The van der Waals surface area contributed by atoms with E-state index < -0.39 is 6.43 Å². The van der Waals surface area contributed by atoms with E-state index in [0.29, 0.717) is 0 Å². The van der Waals surface area contributed by atoms with Crippen molar-refractivity contribution in [2.24, 2.45) is 5.73 Å². The average Bonchev–Trinajstić information content (AvgIpc) is 1.63. The lowest BCUT2D eigenvalue weighted by molar-refractivity contribution is 0.189. The second kappa shape index (κ2) is 3.56. The van der Waals surface area contributed by atoms with Gasteiger partial charge in [0.1, 0.15) is 0 Å². The van der Waals surface area contributed by atoms with Gasteiger partial charge in [-0.2, -0.15) is 0 Å². The van der Waals surface area contributed by atoms with Gasteiger partial charge in [0, 0.05) is 6.04 Å². The molecule has 0 rings (SSSR count). The highest BCUT2D eigenvalue weighted by atomic mass is 19.3. The zero-order valence-electron chi connectivity index (χ0n) is 5.57. The summed E-state index contributed by atoms with van der Waals surface area (Å²) in [5.41, 5.74) is 5.27. The fraction of sp³-hybridized carbons (Fsp3) is 0.667. The molecule has 3 heteroatoms. The van der Waals surface area contributed by atoms with Crippen LogP contribution in [0, 0.1) is 0 Å². The number of halogens is 2. The van der Waals surface area contributed by atoms with Crippen LogP contribution in [-0.2, 0) is 0 Å². The Hall–Kier alpha value is -0.440. The molecule has 0 spiro atoms. The number of alkyl halides is 2. The number of allylic oxidation sites excluding steroid dienone is 1. The van der Waals surface area contributed by atoms with Crippen LogP contribution < -0.4 is 5.73 Å². The highest BCUT2D eigenvalue weighted by Crippen LogP contribution is 2.06. The zero-order valence-corrected chi connectivity index (χ0v) is 5.57. The topological polar surface area (TPSA) is 26.0 Å². The summed E-state index contributed by atoms with van der Waals surface area (Å²) in [4.78, 5) is 0. The molecule has 54 valence electrons. The van der Waals surface area contributed by atoms with Gasteiger partial charge < -0.3 is 5.73 Å². The summed E-state index contributed by atoms with van der Waals surface area (Å²) in [5.74, 6) is 0. The van der Waals surface area contributed by atoms with Crippen molar-refractivity contribution in [2.75, 3.05) is 0 Å². The molecule has 1 unspecified atom stereocenters. The molecular formula is C6H11F2N. The van der Waals surface area contributed by atoms with Crippen molar-refractivity contribution in [3.8, 4) is 0 Å². The first-order chi connectivity index (χ1) is 4.04. The van der Waals surface area contributed by atoms with Gasteiger partial charge in [0.25, 0.3) is 6.43 Å². The molecule has 0 saturated heterocycles. The van der Waals surface area contributed by atoms with Crippen molar-refractivity contribution in [2.45, 2.75) is 26.3 Å². The van der Waals surface area contributed by atoms with E-state index in [1.165, 1.54) is 13.0 Å². The largest absolute Gasteiger partial charge is 0.325 e. The molecule has 0 fully saturated rings. The molecule has 0 amide bonds. The van der Waals surface area contributed by atoms with E-state index in [0.717, 1.165) is 0 Å². The maximum Gasteiger partial charge on any atom is 0.259 e. The van der Waals surface area contributed by atoms with Crippen molar-refractivity contribution in [3.63, 3.8) is 0 Å². The van der Waals surface area contributed by atoms with E-state index in [4.69, 9.17) is 5.73 Å². The van der Waals surface area contributed by atoms with Gasteiger partial charge in [-0.3, -0.25) is 0 Å². The van der Waals surface area contributed by atoms with Crippen LogP contribution in [0.15, 0.2) is 11.6 Å². The molecule has 9 heavy (non-hydrogen) atoms. The van der Waals surface area contributed by atoms with E-state index in [1.54, 1.807) is 6.92 Å². The van der Waals surface area contributed by atoms with Gasteiger partial charge in [-0.25, -0.2) is 8.78 Å². The van der Waals surface area contributed by atoms with E-state index in [9.17, 15) is 8.78 Å². The molecule has 0 aromatic rings. The fourth-order valence-corrected chi connectivity index (χ4v) is 0.487. The number of hydrogen-bond acceptors (Lipinski definition) is 1.